The van der Waals surface area contributed by atoms with E-state index in [9.17, 15) is 0 Å². The molecule has 3 rings (SSSR count). The zero-order valence-corrected chi connectivity index (χ0v) is 12.0. The van der Waals surface area contributed by atoms with E-state index in [0.29, 0.717) is 6.61 Å². The molecular weight excluding hydrogens is 258 g/mol. The van der Waals surface area contributed by atoms with Gasteiger partial charge in [-0.15, -0.1) is 0 Å². The van der Waals surface area contributed by atoms with Gasteiger partial charge in [0, 0.05) is 19.6 Å². The van der Waals surface area contributed by atoms with Gasteiger partial charge in [-0.3, -0.25) is 0 Å². The van der Waals surface area contributed by atoms with Crippen molar-refractivity contribution >= 4 is 26.7 Å². The molecule has 0 unspecified atom stereocenters. The number of anilines is 1. The van der Waals surface area contributed by atoms with Crippen molar-refractivity contribution in [2.75, 3.05) is 37.7 Å². The van der Waals surface area contributed by atoms with Gasteiger partial charge in [0.25, 0.3) is 0 Å². The number of benzene rings is 1. The fourth-order valence-electron chi connectivity index (χ4n) is 2.36. The van der Waals surface area contributed by atoms with Crippen LogP contribution in [0.25, 0.3) is 10.2 Å². The maximum atomic E-state index is 5.66. The van der Waals surface area contributed by atoms with E-state index in [1.54, 1.807) is 11.3 Å². The number of nitrogens with one attached hydrogen (secondary N) is 1. The summed E-state index contributed by atoms with van der Waals surface area (Å²) in [6.45, 7) is 6.94. The first kappa shape index (κ1) is 12.7. The lowest BCUT2D eigenvalue weighted by atomic mass is 10.3. The molecule has 1 fully saturated rings. The summed E-state index contributed by atoms with van der Waals surface area (Å²) in [5.41, 5.74) is 1.00. The van der Waals surface area contributed by atoms with E-state index < -0.39 is 0 Å². The summed E-state index contributed by atoms with van der Waals surface area (Å²) in [5.74, 6) is 0.899. The molecule has 1 aliphatic heterocycles. The molecule has 2 heterocycles. The van der Waals surface area contributed by atoms with Crippen LogP contribution >= 0.6 is 11.3 Å². The van der Waals surface area contributed by atoms with E-state index in [4.69, 9.17) is 9.72 Å². The van der Waals surface area contributed by atoms with Gasteiger partial charge in [0.2, 0.25) is 0 Å². The highest BCUT2D eigenvalue weighted by Crippen LogP contribution is 2.34. The Morgan fingerprint density at radius 3 is 3.21 bits per heavy atom. The molecule has 5 heteroatoms. The van der Waals surface area contributed by atoms with Gasteiger partial charge >= 0.3 is 0 Å². The summed E-state index contributed by atoms with van der Waals surface area (Å²) >= 11 is 1.76. The van der Waals surface area contributed by atoms with Gasteiger partial charge in [-0.25, -0.2) is 4.98 Å². The highest BCUT2D eigenvalue weighted by atomic mass is 32.1. The van der Waals surface area contributed by atoms with Crippen molar-refractivity contribution in [2.45, 2.75) is 13.3 Å². The number of hydrogen-bond acceptors (Lipinski definition) is 5. The molecule has 0 aliphatic carbocycles. The van der Waals surface area contributed by atoms with Gasteiger partial charge in [-0.1, -0.05) is 17.4 Å². The molecule has 1 aromatic heterocycles. The second kappa shape index (κ2) is 5.75. The maximum Gasteiger partial charge on any atom is 0.186 e. The summed E-state index contributed by atoms with van der Waals surface area (Å²) in [5, 5.41) is 4.54. The second-order valence-electron chi connectivity index (χ2n) is 4.62. The van der Waals surface area contributed by atoms with Crippen LogP contribution in [0.2, 0.25) is 0 Å². The first-order valence-corrected chi connectivity index (χ1v) is 7.68. The Labute approximate surface area is 117 Å². The number of hydrogen-bond donors (Lipinski definition) is 1. The number of aromatic nitrogens is 1. The maximum absolute atomic E-state index is 5.66. The van der Waals surface area contributed by atoms with Crippen LogP contribution in [0.4, 0.5) is 5.13 Å². The molecule has 1 saturated heterocycles. The molecule has 0 saturated carbocycles. The van der Waals surface area contributed by atoms with Gasteiger partial charge in [-0.05, 0) is 32.0 Å². The number of thiazole rings is 1. The van der Waals surface area contributed by atoms with E-state index >= 15 is 0 Å². The Morgan fingerprint density at radius 1 is 1.37 bits per heavy atom. The van der Waals surface area contributed by atoms with E-state index in [0.717, 1.165) is 42.6 Å². The minimum absolute atomic E-state index is 0.680. The zero-order chi connectivity index (χ0) is 13.1. The van der Waals surface area contributed by atoms with Crippen molar-refractivity contribution in [3.05, 3.63) is 18.2 Å². The molecule has 2 aromatic rings. The van der Waals surface area contributed by atoms with Crippen molar-refractivity contribution in [3.8, 4) is 5.75 Å². The smallest absolute Gasteiger partial charge is 0.186 e. The van der Waals surface area contributed by atoms with Crippen molar-refractivity contribution in [1.29, 1.82) is 0 Å². The first-order valence-electron chi connectivity index (χ1n) is 6.86. The highest BCUT2D eigenvalue weighted by molar-refractivity contribution is 7.22. The Balaban J connectivity index is 1.93. The van der Waals surface area contributed by atoms with Crippen LogP contribution < -0.4 is 15.0 Å². The molecule has 0 atom stereocenters. The fraction of sp³-hybridized carbons (Fsp3) is 0.500. The Bertz CT molecular complexity index is 547. The Morgan fingerprint density at radius 2 is 2.32 bits per heavy atom. The zero-order valence-electron chi connectivity index (χ0n) is 11.2. The fourth-order valence-corrected chi connectivity index (χ4v) is 3.39. The first-order chi connectivity index (χ1) is 9.38. The van der Waals surface area contributed by atoms with Gasteiger partial charge in [0.1, 0.15) is 11.3 Å². The van der Waals surface area contributed by atoms with Gasteiger partial charge in [0.05, 0.1) is 11.3 Å². The third-order valence-corrected chi connectivity index (χ3v) is 4.36. The average molecular weight is 277 g/mol. The SMILES string of the molecule is CCOc1cccc2sc(N3CCCNCC3)nc12. The minimum Gasteiger partial charge on any atom is -0.492 e. The van der Waals surface area contributed by atoms with E-state index in [1.807, 2.05) is 19.1 Å². The largest absolute Gasteiger partial charge is 0.492 e. The molecule has 19 heavy (non-hydrogen) atoms. The Kier molecular flexibility index (Phi) is 3.84. The van der Waals surface area contributed by atoms with Crippen LogP contribution in [0.15, 0.2) is 18.2 Å². The number of para-hydroxylation sites is 1. The molecule has 1 aliphatic rings. The lowest BCUT2D eigenvalue weighted by Crippen LogP contribution is -2.27. The lowest BCUT2D eigenvalue weighted by molar-refractivity contribution is 0.344. The predicted molar refractivity (Wildman–Crippen MR) is 80.5 cm³/mol. The molecule has 0 spiro atoms. The van der Waals surface area contributed by atoms with Gasteiger partial charge in [0.15, 0.2) is 5.13 Å². The van der Waals surface area contributed by atoms with Crippen molar-refractivity contribution in [3.63, 3.8) is 0 Å². The quantitative estimate of drug-likeness (QED) is 0.935. The summed E-state index contributed by atoms with van der Waals surface area (Å²) in [4.78, 5) is 7.16. The third kappa shape index (κ3) is 2.67. The minimum atomic E-state index is 0.680. The average Bonchev–Trinajstić information content (AvgIpc) is 2.68. The molecule has 102 valence electrons. The summed E-state index contributed by atoms with van der Waals surface area (Å²) in [7, 11) is 0. The van der Waals surface area contributed by atoms with Gasteiger partial charge < -0.3 is 15.0 Å². The van der Waals surface area contributed by atoms with E-state index in [-0.39, 0.29) is 0 Å². The van der Waals surface area contributed by atoms with Crippen LogP contribution in [0, 0.1) is 0 Å². The predicted octanol–water partition coefficient (Wildman–Crippen LogP) is 2.49. The third-order valence-electron chi connectivity index (χ3n) is 3.28. The molecule has 0 bridgehead atoms. The van der Waals surface area contributed by atoms with E-state index in [1.165, 1.54) is 11.1 Å². The van der Waals surface area contributed by atoms with Crippen LogP contribution in [0.3, 0.4) is 0 Å². The molecule has 1 N–H and O–H groups in total. The molecule has 0 radical (unpaired) electrons. The molecular formula is C14H19N3OS. The summed E-state index contributed by atoms with van der Waals surface area (Å²) in [6, 6.07) is 6.16. The number of rotatable bonds is 3. The summed E-state index contributed by atoms with van der Waals surface area (Å²) in [6.07, 6.45) is 1.17. The van der Waals surface area contributed by atoms with Crippen molar-refractivity contribution < 1.29 is 4.74 Å². The normalized spacial score (nSPS) is 16.6. The van der Waals surface area contributed by atoms with Crippen LogP contribution in [0.1, 0.15) is 13.3 Å². The Hall–Kier alpha value is -1.33. The molecule has 1 aromatic carbocycles. The number of fused-ring (bicyclic) bond motifs is 1. The standard InChI is InChI=1S/C14H19N3OS/c1-2-18-11-5-3-6-12-13(11)16-14(19-12)17-9-4-7-15-8-10-17/h3,5-6,15H,2,4,7-10H2,1H3. The second-order valence-corrected chi connectivity index (χ2v) is 5.63. The number of ether oxygens (including phenoxy) is 1. The summed E-state index contributed by atoms with van der Waals surface area (Å²) < 4.78 is 6.86. The topological polar surface area (TPSA) is 37.4 Å². The van der Waals surface area contributed by atoms with Crippen molar-refractivity contribution in [2.24, 2.45) is 0 Å². The number of nitrogens with zero attached hydrogens (tertiary/aromatic N) is 2. The van der Waals surface area contributed by atoms with Crippen molar-refractivity contribution in [1.82, 2.24) is 10.3 Å². The highest BCUT2D eigenvalue weighted by Gasteiger charge is 2.15. The van der Waals surface area contributed by atoms with Crippen LogP contribution in [-0.2, 0) is 0 Å². The van der Waals surface area contributed by atoms with Gasteiger partial charge in [-0.2, -0.15) is 0 Å². The van der Waals surface area contributed by atoms with Crippen LogP contribution in [-0.4, -0.2) is 37.8 Å². The van der Waals surface area contributed by atoms with E-state index in [2.05, 4.69) is 16.3 Å². The monoisotopic (exact) mass is 277 g/mol. The molecule has 4 nitrogen and oxygen atoms in total. The van der Waals surface area contributed by atoms with Crippen LogP contribution in [0.5, 0.6) is 5.75 Å². The lowest BCUT2D eigenvalue weighted by Gasteiger charge is -2.17. The molecule has 0 amide bonds.